The Bertz CT molecular complexity index is 461. The third-order valence-corrected chi connectivity index (χ3v) is 2.53. The molecule has 0 aliphatic heterocycles. The van der Waals surface area contributed by atoms with Crippen molar-refractivity contribution in [1.29, 1.82) is 0 Å². The molecule has 0 bridgehead atoms. The van der Waals surface area contributed by atoms with Crippen LogP contribution in [-0.4, -0.2) is 30.3 Å². The van der Waals surface area contributed by atoms with Gasteiger partial charge in [-0.25, -0.2) is 0 Å². The number of para-hydroxylation sites is 1. The molecule has 1 unspecified atom stereocenters. The molecule has 0 radical (unpaired) electrons. The first-order valence-electron chi connectivity index (χ1n) is 6.02. The molecule has 1 aromatic carbocycles. The normalized spacial score (nSPS) is 12.9. The van der Waals surface area contributed by atoms with E-state index in [9.17, 15) is 18.0 Å². The number of nitrogens with two attached hydrogens (primary N) is 1. The van der Waals surface area contributed by atoms with Crippen LogP contribution in [0.3, 0.4) is 0 Å². The van der Waals surface area contributed by atoms with Gasteiger partial charge in [0.05, 0.1) is 0 Å². The van der Waals surface area contributed by atoms with Gasteiger partial charge in [-0.05, 0) is 13.0 Å². The van der Waals surface area contributed by atoms with Crippen LogP contribution >= 0.6 is 0 Å². The number of carbonyl (C=O) groups excluding carboxylic acids is 1. The second kappa shape index (κ2) is 6.60. The first-order valence-corrected chi connectivity index (χ1v) is 6.02. The molecule has 0 aliphatic rings. The minimum Gasteiger partial charge on any atom is -0.405 e. The molecule has 1 atom stereocenters. The van der Waals surface area contributed by atoms with E-state index >= 15 is 0 Å². The number of nitrogens with zero attached hydrogens (tertiary/aromatic N) is 1. The van der Waals surface area contributed by atoms with Crippen LogP contribution in [0.5, 0.6) is 5.75 Å². The van der Waals surface area contributed by atoms with Gasteiger partial charge in [-0.2, -0.15) is 0 Å². The number of hydrogen-bond acceptors (Lipinski definition) is 3. The summed E-state index contributed by atoms with van der Waals surface area (Å²) in [6, 6.07) is 5.42. The summed E-state index contributed by atoms with van der Waals surface area (Å²) in [4.78, 5) is 13.1. The van der Waals surface area contributed by atoms with Crippen LogP contribution in [0, 0.1) is 0 Å². The minimum atomic E-state index is -4.76. The van der Waals surface area contributed by atoms with Gasteiger partial charge >= 0.3 is 6.36 Å². The first-order chi connectivity index (χ1) is 9.19. The molecule has 0 spiro atoms. The Hall–Kier alpha value is -1.76. The van der Waals surface area contributed by atoms with Crippen molar-refractivity contribution in [1.82, 2.24) is 4.90 Å². The van der Waals surface area contributed by atoms with Crippen LogP contribution in [0.2, 0.25) is 0 Å². The zero-order chi connectivity index (χ0) is 15.3. The quantitative estimate of drug-likeness (QED) is 0.905. The number of hydrogen-bond donors (Lipinski definition) is 1. The van der Waals surface area contributed by atoms with E-state index in [0.29, 0.717) is 0 Å². The molecule has 1 amide bonds. The molecule has 1 rings (SSSR count). The van der Waals surface area contributed by atoms with Gasteiger partial charge in [-0.15, -0.1) is 13.2 Å². The van der Waals surface area contributed by atoms with E-state index in [1.54, 1.807) is 13.0 Å². The van der Waals surface area contributed by atoms with Crippen LogP contribution in [0.1, 0.15) is 18.9 Å². The Labute approximate surface area is 115 Å². The van der Waals surface area contributed by atoms with E-state index in [1.165, 1.54) is 30.1 Å². The number of rotatable bonds is 5. The standard InChI is InChI=1S/C13H17F3N2O2/c1-9(17)7-12(19)18(2)8-10-5-3-4-6-11(10)20-13(14,15)16/h3-6,9H,7-8,17H2,1-2H3. The number of halogens is 3. The lowest BCUT2D eigenvalue weighted by molar-refractivity contribution is -0.274. The van der Waals surface area contributed by atoms with Crippen molar-refractivity contribution in [3.63, 3.8) is 0 Å². The number of carbonyl (C=O) groups is 1. The van der Waals surface area contributed by atoms with Gasteiger partial charge in [0.15, 0.2) is 0 Å². The highest BCUT2D eigenvalue weighted by molar-refractivity contribution is 5.76. The molecule has 7 heteroatoms. The lowest BCUT2D eigenvalue weighted by Crippen LogP contribution is -2.31. The van der Waals surface area contributed by atoms with Crippen molar-refractivity contribution in [2.45, 2.75) is 32.3 Å². The van der Waals surface area contributed by atoms with Gasteiger partial charge in [-0.1, -0.05) is 18.2 Å². The highest BCUT2D eigenvalue weighted by Gasteiger charge is 2.32. The fraction of sp³-hybridized carbons (Fsp3) is 0.462. The molecule has 2 N–H and O–H groups in total. The molecule has 20 heavy (non-hydrogen) atoms. The van der Waals surface area contributed by atoms with Crippen molar-refractivity contribution in [3.05, 3.63) is 29.8 Å². The van der Waals surface area contributed by atoms with Gasteiger partial charge in [0, 0.05) is 31.6 Å². The van der Waals surface area contributed by atoms with E-state index in [1.807, 2.05) is 0 Å². The largest absolute Gasteiger partial charge is 0.573 e. The second-order valence-corrected chi connectivity index (χ2v) is 4.59. The molecule has 0 heterocycles. The van der Waals surface area contributed by atoms with Crippen molar-refractivity contribution in [2.24, 2.45) is 5.73 Å². The zero-order valence-electron chi connectivity index (χ0n) is 11.3. The Morgan fingerprint density at radius 2 is 2.00 bits per heavy atom. The maximum absolute atomic E-state index is 12.3. The van der Waals surface area contributed by atoms with E-state index in [0.717, 1.165) is 0 Å². The van der Waals surface area contributed by atoms with Crippen LogP contribution < -0.4 is 10.5 Å². The maximum Gasteiger partial charge on any atom is 0.573 e. The number of benzene rings is 1. The monoisotopic (exact) mass is 290 g/mol. The Morgan fingerprint density at radius 3 is 2.55 bits per heavy atom. The first kappa shape index (κ1) is 16.3. The summed E-state index contributed by atoms with van der Waals surface area (Å²) >= 11 is 0. The summed E-state index contributed by atoms with van der Waals surface area (Å²) in [6.45, 7) is 1.71. The Morgan fingerprint density at radius 1 is 1.40 bits per heavy atom. The Kier molecular flexibility index (Phi) is 5.38. The molecule has 0 saturated heterocycles. The molecule has 0 aromatic heterocycles. The van der Waals surface area contributed by atoms with Crippen molar-refractivity contribution in [3.8, 4) is 5.75 Å². The highest BCUT2D eigenvalue weighted by atomic mass is 19.4. The minimum absolute atomic E-state index is 0.0256. The third kappa shape index (κ3) is 5.48. The van der Waals surface area contributed by atoms with Gasteiger partial charge in [0.25, 0.3) is 0 Å². The van der Waals surface area contributed by atoms with E-state index in [4.69, 9.17) is 5.73 Å². The molecule has 0 fully saturated rings. The summed E-state index contributed by atoms with van der Waals surface area (Å²) < 4.78 is 40.7. The number of amides is 1. The maximum atomic E-state index is 12.3. The average molecular weight is 290 g/mol. The zero-order valence-corrected chi connectivity index (χ0v) is 11.3. The summed E-state index contributed by atoms with van der Waals surface area (Å²) in [6.07, 6.45) is -4.62. The molecule has 112 valence electrons. The van der Waals surface area contributed by atoms with E-state index in [2.05, 4.69) is 4.74 Å². The Balaban J connectivity index is 2.79. The van der Waals surface area contributed by atoms with Gasteiger partial charge in [0.2, 0.25) is 5.91 Å². The number of ether oxygens (including phenoxy) is 1. The molecular weight excluding hydrogens is 273 g/mol. The summed E-state index contributed by atoms with van der Waals surface area (Å²) in [7, 11) is 1.51. The second-order valence-electron chi connectivity index (χ2n) is 4.59. The van der Waals surface area contributed by atoms with E-state index in [-0.39, 0.29) is 36.2 Å². The molecule has 4 nitrogen and oxygen atoms in total. The molecular formula is C13H17F3N2O2. The van der Waals surface area contributed by atoms with Gasteiger partial charge in [0.1, 0.15) is 5.75 Å². The van der Waals surface area contributed by atoms with Crippen molar-refractivity contribution < 1.29 is 22.7 Å². The predicted octanol–water partition coefficient (Wildman–Crippen LogP) is 2.28. The van der Waals surface area contributed by atoms with Crippen LogP contribution in [0.25, 0.3) is 0 Å². The fourth-order valence-corrected chi connectivity index (χ4v) is 1.63. The highest BCUT2D eigenvalue weighted by Crippen LogP contribution is 2.27. The molecule has 1 aromatic rings. The third-order valence-electron chi connectivity index (χ3n) is 2.53. The van der Waals surface area contributed by atoms with Gasteiger partial charge in [-0.3, -0.25) is 4.79 Å². The van der Waals surface area contributed by atoms with Crippen LogP contribution in [-0.2, 0) is 11.3 Å². The smallest absolute Gasteiger partial charge is 0.405 e. The van der Waals surface area contributed by atoms with Gasteiger partial charge < -0.3 is 15.4 Å². The lowest BCUT2D eigenvalue weighted by Gasteiger charge is -2.20. The lowest BCUT2D eigenvalue weighted by atomic mass is 10.1. The SMILES string of the molecule is CC(N)CC(=O)N(C)Cc1ccccc1OC(F)(F)F. The fourth-order valence-electron chi connectivity index (χ4n) is 1.63. The summed E-state index contributed by atoms with van der Waals surface area (Å²) in [5, 5.41) is 0. The molecule has 0 saturated carbocycles. The van der Waals surface area contributed by atoms with E-state index < -0.39 is 6.36 Å². The van der Waals surface area contributed by atoms with Crippen LogP contribution in [0.4, 0.5) is 13.2 Å². The predicted molar refractivity (Wildman–Crippen MR) is 67.9 cm³/mol. The average Bonchev–Trinajstić information content (AvgIpc) is 2.28. The van der Waals surface area contributed by atoms with Crippen molar-refractivity contribution in [2.75, 3.05) is 7.05 Å². The summed E-state index contributed by atoms with van der Waals surface area (Å²) in [5.41, 5.74) is 5.80. The topological polar surface area (TPSA) is 55.6 Å². The molecule has 0 aliphatic carbocycles. The van der Waals surface area contributed by atoms with Crippen LogP contribution in [0.15, 0.2) is 24.3 Å². The summed E-state index contributed by atoms with van der Waals surface area (Å²) in [5.74, 6) is -0.540. The number of alkyl halides is 3. The van der Waals surface area contributed by atoms with Crippen molar-refractivity contribution >= 4 is 5.91 Å².